The summed E-state index contributed by atoms with van der Waals surface area (Å²) in [6.45, 7) is 0.899. The van der Waals surface area contributed by atoms with Gasteiger partial charge in [0.25, 0.3) is 0 Å². The van der Waals surface area contributed by atoms with Crippen molar-refractivity contribution in [1.82, 2.24) is 10.3 Å². The van der Waals surface area contributed by atoms with Gasteiger partial charge >= 0.3 is 8.69 Å². The summed E-state index contributed by atoms with van der Waals surface area (Å²) in [4.78, 5) is 3.18. The van der Waals surface area contributed by atoms with Gasteiger partial charge in [-0.05, 0) is 37.7 Å². The van der Waals surface area contributed by atoms with E-state index in [0.29, 0.717) is 5.75 Å². The van der Waals surface area contributed by atoms with Crippen molar-refractivity contribution in [2.45, 2.75) is 6.42 Å². The highest BCUT2D eigenvalue weighted by molar-refractivity contribution is 7.17. The van der Waals surface area contributed by atoms with E-state index in [2.05, 4.69) is 10.3 Å². The van der Waals surface area contributed by atoms with Gasteiger partial charge in [-0.2, -0.15) is 0 Å². The first kappa shape index (κ1) is 11.1. The van der Waals surface area contributed by atoms with Crippen molar-refractivity contribution in [3.63, 3.8) is 0 Å². The minimum Gasteiger partial charge on any atom is -0.407 e. The maximum atomic E-state index is 10.5. The Labute approximate surface area is 95.3 Å². The first-order valence-corrected chi connectivity index (χ1v) is 5.83. The number of nitrogens with one attached hydrogen (secondary N) is 2. The molecule has 0 aliphatic heterocycles. The molecule has 0 radical (unpaired) electrons. The predicted octanol–water partition coefficient (Wildman–Crippen LogP) is 2.52. The summed E-state index contributed by atoms with van der Waals surface area (Å²) in [7, 11) is 1.60. The number of fused-ring (bicyclic) bond motifs is 1. The topological polar surface area (TPSA) is 54.1 Å². The number of likely N-dealkylation sites (N-methyl/N-ethyl adjacent to an activating group) is 1. The van der Waals surface area contributed by atoms with E-state index < -0.39 is 0 Å². The van der Waals surface area contributed by atoms with Crippen LogP contribution in [-0.2, 0) is 11.0 Å². The smallest absolute Gasteiger partial charge is 0.395 e. The zero-order chi connectivity index (χ0) is 11.4. The SMILES string of the molecule is CNCCc1c[nH]c2cccc(OP=O)c12. The molecule has 0 amide bonds. The first-order valence-electron chi connectivity index (χ1n) is 5.10. The fourth-order valence-electron chi connectivity index (χ4n) is 1.79. The van der Waals surface area contributed by atoms with E-state index in [4.69, 9.17) is 4.52 Å². The van der Waals surface area contributed by atoms with Crippen LogP contribution in [0.5, 0.6) is 5.75 Å². The van der Waals surface area contributed by atoms with Crippen LogP contribution in [0.2, 0.25) is 0 Å². The Morgan fingerprint density at radius 3 is 3.12 bits per heavy atom. The average molecular weight is 236 g/mol. The molecule has 16 heavy (non-hydrogen) atoms. The van der Waals surface area contributed by atoms with Crippen LogP contribution in [0.4, 0.5) is 0 Å². The molecule has 0 aliphatic carbocycles. The predicted molar refractivity (Wildman–Crippen MR) is 64.2 cm³/mol. The molecule has 0 unspecified atom stereocenters. The van der Waals surface area contributed by atoms with Gasteiger partial charge in [-0.3, -0.25) is 0 Å². The maximum absolute atomic E-state index is 10.5. The van der Waals surface area contributed by atoms with Crippen LogP contribution in [0.15, 0.2) is 24.4 Å². The molecule has 2 aromatic rings. The zero-order valence-electron chi connectivity index (χ0n) is 8.99. The zero-order valence-corrected chi connectivity index (χ0v) is 9.88. The molecule has 0 atom stereocenters. The number of hydrogen-bond acceptors (Lipinski definition) is 3. The summed E-state index contributed by atoms with van der Waals surface area (Å²) in [6, 6.07) is 5.68. The minimum absolute atomic E-state index is 0.322. The van der Waals surface area contributed by atoms with Gasteiger partial charge in [0.2, 0.25) is 0 Å². The van der Waals surface area contributed by atoms with Crippen molar-refractivity contribution in [3.05, 3.63) is 30.0 Å². The van der Waals surface area contributed by atoms with Gasteiger partial charge in [-0.1, -0.05) is 6.07 Å². The first-order chi connectivity index (χ1) is 7.86. The third-order valence-electron chi connectivity index (χ3n) is 2.53. The average Bonchev–Trinajstić information content (AvgIpc) is 2.71. The fraction of sp³-hybridized carbons (Fsp3) is 0.273. The van der Waals surface area contributed by atoms with E-state index in [1.54, 1.807) is 0 Å². The van der Waals surface area contributed by atoms with E-state index in [1.165, 1.54) is 5.56 Å². The van der Waals surface area contributed by atoms with E-state index in [9.17, 15) is 4.57 Å². The highest BCUT2D eigenvalue weighted by atomic mass is 31.1. The highest BCUT2D eigenvalue weighted by Gasteiger charge is 2.09. The Bertz CT molecular complexity index is 496. The van der Waals surface area contributed by atoms with Gasteiger partial charge in [0.05, 0.1) is 0 Å². The molecule has 84 valence electrons. The lowest BCUT2D eigenvalue weighted by Gasteiger charge is -2.02. The van der Waals surface area contributed by atoms with E-state index in [0.717, 1.165) is 23.9 Å². The standard InChI is InChI=1S/C11H13N2O2P/c1-12-6-5-8-7-13-9-3-2-4-10(11(8)9)15-16-14/h2-4,7,12-13H,5-6H2,1H3. The lowest BCUT2D eigenvalue weighted by atomic mass is 10.1. The molecule has 2 N–H and O–H groups in total. The fourth-order valence-corrected chi connectivity index (χ4v) is 2.03. The molecule has 0 spiro atoms. The number of rotatable bonds is 5. The number of H-pyrrole nitrogens is 1. The van der Waals surface area contributed by atoms with Crippen molar-refractivity contribution in [2.75, 3.05) is 13.6 Å². The summed E-state index contributed by atoms with van der Waals surface area (Å²) >= 11 is 0. The number of hydrogen-bond donors (Lipinski definition) is 2. The molecule has 1 aromatic carbocycles. The molecule has 4 nitrogen and oxygen atoms in total. The quantitative estimate of drug-likeness (QED) is 0.784. The van der Waals surface area contributed by atoms with Crippen molar-refractivity contribution >= 4 is 19.6 Å². The van der Waals surface area contributed by atoms with Gasteiger partial charge in [0, 0.05) is 17.1 Å². The molecule has 2 rings (SSSR count). The second kappa shape index (κ2) is 5.10. The Morgan fingerprint density at radius 1 is 1.50 bits per heavy atom. The van der Waals surface area contributed by atoms with Gasteiger partial charge in [-0.15, -0.1) is 0 Å². The molecular formula is C11H13N2O2P. The molecular weight excluding hydrogens is 223 g/mol. The highest BCUT2D eigenvalue weighted by Crippen LogP contribution is 2.30. The van der Waals surface area contributed by atoms with Crippen molar-refractivity contribution in [3.8, 4) is 5.75 Å². The summed E-state index contributed by atoms with van der Waals surface area (Å²) < 4.78 is 15.6. The van der Waals surface area contributed by atoms with E-state index >= 15 is 0 Å². The van der Waals surface area contributed by atoms with Crippen molar-refractivity contribution < 1.29 is 9.09 Å². The van der Waals surface area contributed by atoms with Crippen LogP contribution in [0.25, 0.3) is 10.9 Å². The third kappa shape index (κ3) is 2.08. The largest absolute Gasteiger partial charge is 0.407 e. The maximum Gasteiger partial charge on any atom is 0.395 e. The van der Waals surface area contributed by atoms with Crippen LogP contribution in [0.3, 0.4) is 0 Å². The van der Waals surface area contributed by atoms with Crippen molar-refractivity contribution in [2.24, 2.45) is 0 Å². The Balaban J connectivity index is 2.45. The normalized spacial score (nSPS) is 11.1. The molecule has 0 aliphatic rings. The second-order valence-electron chi connectivity index (χ2n) is 3.51. The third-order valence-corrected chi connectivity index (χ3v) is 2.80. The van der Waals surface area contributed by atoms with Gasteiger partial charge in [-0.25, -0.2) is 4.57 Å². The van der Waals surface area contributed by atoms with E-state index in [1.807, 2.05) is 31.4 Å². The Hall–Kier alpha value is -1.38. The van der Waals surface area contributed by atoms with Gasteiger partial charge in [0.1, 0.15) is 5.75 Å². The molecule has 1 heterocycles. The van der Waals surface area contributed by atoms with Crippen LogP contribution >= 0.6 is 8.69 Å². The van der Waals surface area contributed by atoms with Crippen LogP contribution in [-0.4, -0.2) is 18.6 Å². The Kier molecular flexibility index (Phi) is 3.54. The summed E-state index contributed by atoms with van der Waals surface area (Å²) in [5, 5.41) is 4.12. The summed E-state index contributed by atoms with van der Waals surface area (Å²) in [6.07, 6.45) is 2.88. The lowest BCUT2D eigenvalue weighted by molar-refractivity contribution is 0.527. The number of benzene rings is 1. The monoisotopic (exact) mass is 236 g/mol. The lowest BCUT2D eigenvalue weighted by Crippen LogP contribution is -2.09. The summed E-state index contributed by atoms with van der Waals surface area (Å²) in [5.41, 5.74) is 2.18. The second-order valence-corrected chi connectivity index (χ2v) is 3.84. The molecule has 0 saturated heterocycles. The molecule has 5 heteroatoms. The van der Waals surface area contributed by atoms with Gasteiger partial charge < -0.3 is 14.8 Å². The molecule has 0 bridgehead atoms. The molecule has 0 fully saturated rings. The van der Waals surface area contributed by atoms with Crippen LogP contribution in [0, 0.1) is 0 Å². The molecule has 0 saturated carbocycles. The van der Waals surface area contributed by atoms with Crippen molar-refractivity contribution in [1.29, 1.82) is 0 Å². The number of aromatic amines is 1. The van der Waals surface area contributed by atoms with Gasteiger partial charge in [0.15, 0.2) is 0 Å². The summed E-state index contributed by atoms with van der Waals surface area (Å²) in [5.74, 6) is 0.654. The minimum atomic E-state index is -0.322. The van der Waals surface area contributed by atoms with Crippen LogP contribution < -0.4 is 9.84 Å². The van der Waals surface area contributed by atoms with Crippen LogP contribution in [0.1, 0.15) is 5.56 Å². The number of aromatic nitrogens is 1. The van der Waals surface area contributed by atoms with E-state index in [-0.39, 0.29) is 8.69 Å². The Morgan fingerprint density at radius 2 is 2.38 bits per heavy atom. The molecule has 1 aromatic heterocycles.